The lowest BCUT2D eigenvalue weighted by Gasteiger charge is -2.37. The highest BCUT2D eigenvalue weighted by atomic mass is 127. The molecule has 2 aromatic rings. The molecule has 0 amide bonds. The summed E-state index contributed by atoms with van der Waals surface area (Å²) in [5.41, 5.74) is 3.61. The van der Waals surface area contributed by atoms with Gasteiger partial charge in [-0.2, -0.15) is 0 Å². The lowest BCUT2D eigenvalue weighted by Crippen LogP contribution is -2.52. The predicted molar refractivity (Wildman–Crippen MR) is 141 cm³/mol. The molecule has 8 nitrogen and oxygen atoms in total. The number of nitrogens with one attached hydrogen (secondary N) is 1. The van der Waals surface area contributed by atoms with E-state index < -0.39 is 0 Å². The number of benzene rings is 1. The third kappa shape index (κ3) is 7.40. The third-order valence-corrected chi connectivity index (χ3v) is 6.25. The van der Waals surface area contributed by atoms with Crippen molar-refractivity contribution in [3.63, 3.8) is 0 Å². The average Bonchev–Trinajstić information content (AvgIpc) is 3.34. The van der Waals surface area contributed by atoms with Crippen molar-refractivity contribution in [2.24, 2.45) is 4.99 Å². The van der Waals surface area contributed by atoms with E-state index in [4.69, 9.17) is 14.3 Å². The van der Waals surface area contributed by atoms with Crippen molar-refractivity contribution in [3.05, 3.63) is 53.4 Å². The zero-order valence-electron chi connectivity index (χ0n) is 19.8. The van der Waals surface area contributed by atoms with Crippen molar-refractivity contribution < 1.29 is 9.26 Å². The molecule has 2 aliphatic heterocycles. The van der Waals surface area contributed by atoms with Gasteiger partial charge in [0.2, 0.25) is 0 Å². The van der Waals surface area contributed by atoms with Gasteiger partial charge in [0.25, 0.3) is 0 Å². The number of hydrogen-bond acceptors (Lipinski definition) is 6. The Bertz CT molecular complexity index is 831. The summed E-state index contributed by atoms with van der Waals surface area (Å²) in [6.45, 7) is 14.1. The average molecular weight is 569 g/mol. The van der Waals surface area contributed by atoms with Gasteiger partial charge in [-0.15, -0.1) is 24.0 Å². The number of aryl methyl sites for hydroxylation is 1. The molecule has 1 unspecified atom stereocenters. The van der Waals surface area contributed by atoms with Gasteiger partial charge in [0.05, 0.1) is 31.5 Å². The van der Waals surface area contributed by atoms with Gasteiger partial charge in [-0.3, -0.25) is 14.8 Å². The van der Waals surface area contributed by atoms with Crippen LogP contribution in [-0.4, -0.2) is 91.4 Å². The van der Waals surface area contributed by atoms with Gasteiger partial charge in [-0.1, -0.05) is 35.0 Å². The Labute approximate surface area is 214 Å². The van der Waals surface area contributed by atoms with E-state index in [2.05, 4.69) is 63.3 Å². The lowest BCUT2D eigenvalue weighted by molar-refractivity contribution is 0.0179. The van der Waals surface area contributed by atoms with Crippen molar-refractivity contribution in [1.29, 1.82) is 0 Å². The van der Waals surface area contributed by atoms with Crippen LogP contribution < -0.4 is 5.32 Å². The molecule has 4 rings (SSSR count). The number of guanidine groups is 1. The summed E-state index contributed by atoms with van der Waals surface area (Å²) >= 11 is 0. The first-order valence-corrected chi connectivity index (χ1v) is 11.8. The molecular formula is C24H37IN6O2. The van der Waals surface area contributed by atoms with Crippen LogP contribution in [0.15, 0.2) is 46.1 Å². The fraction of sp³-hybridized carbons (Fsp3) is 0.583. The highest BCUT2D eigenvalue weighted by Gasteiger charge is 2.24. The van der Waals surface area contributed by atoms with Gasteiger partial charge in [0, 0.05) is 58.4 Å². The molecule has 2 saturated heterocycles. The highest BCUT2D eigenvalue weighted by Crippen LogP contribution is 2.23. The Balaban J connectivity index is 0.00000306. The van der Waals surface area contributed by atoms with E-state index in [0.29, 0.717) is 0 Å². The zero-order valence-corrected chi connectivity index (χ0v) is 22.1. The molecule has 1 N–H and O–H groups in total. The molecule has 1 aromatic heterocycles. The quantitative estimate of drug-likeness (QED) is 0.313. The maximum Gasteiger partial charge on any atom is 0.194 e. The molecule has 0 spiro atoms. The fourth-order valence-corrected chi connectivity index (χ4v) is 4.37. The fourth-order valence-electron chi connectivity index (χ4n) is 4.37. The maximum absolute atomic E-state index is 5.60. The first-order valence-electron chi connectivity index (χ1n) is 11.8. The number of aromatic nitrogens is 1. The summed E-state index contributed by atoms with van der Waals surface area (Å²) in [6, 6.07) is 11.1. The van der Waals surface area contributed by atoms with Crippen molar-refractivity contribution in [2.45, 2.75) is 26.4 Å². The number of rotatable bonds is 7. The zero-order chi connectivity index (χ0) is 22.2. The van der Waals surface area contributed by atoms with Gasteiger partial charge in [-0.25, -0.2) is 0 Å². The molecule has 9 heteroatoms. The minimum Gasteiger partial charge on any atom is -0.379 e. The van der Waals surface area contributed by atoms with E-state index in [1.54, 1.807) is 6.26 Å². The molecule has 1 aromatic carbocycles. The topological polar surface area (TPSA) is 69.4 Å². The van der Waals surface area contributed by atoms with Crippen molar-refractivity contribution >= 4 is 29.9 Å². The van der Waals surface area contributed by atoms with Crippen LogP contribution in [-0.2, 0) is 11.3 Å². The van der Waals surface area contributed by atoms with Crippen LogP contribution in [0.25, 0.3) is 0 Å². The monoisotopic (exact) mass is 568 g/mol. The van der Waals surface area contributed by atoms with Gasteiger partial charge < -0.3 is 19.5 Å². The molecule has 0 bridgehead atoms. The standard InChI is InChI=1S/C24H36N6O2.HI/c1-3-25-24(30-11-9-28(10-12-30)19-22-8-15-32-27-22)26-18-23(29-13-16-31-17-14-29)21-6-4-20(2)5-7-21;/h4-8,15,23H,3,9-14,16-19H2,1-2H3,(H,25,26);1H. The summed E-state index contributed by atoms with van der Waals surface area (Å²) in [4.78, 5) is 12.4. The number of halogens is 1. The van der Waals surface area contributed by atoms with Crippen LogP contribution in [0.4, 0.5) is 0 Å². The molecule has 33 heavy (non-hydrogen) atoms. The van der Waals surface area contributed by atoms with E-state index >= 15 is 0 Å². The summed E-state index contributed by atoms with van der Waals surface area (Å²) in [5, 5.41) is 7.56. The summed E-state index contributed by atoms with van der Waals surface area (Å²) < 4.78 is 10.6. The smallest absolute Gasteiger partial charge is 0.194 e. The molecule has 2 aliphatic rings. The molecule has 1 atom stereocenters. The second-order valence-electron chi connectivity index (χ2n) is 8.52. The van der Waals surface area contributed by atoms with E-state index in [1.807, 2.05) is 6.07 Å². The van der Waals surface area contributed by atoms with Crippen LogP contribution in [0.3, 0.4) is 0 Å². The maximum atomic E-state index is 5.60. The SMILES string of the molecule is CCNC(=NCC(c1ccc(C)cc1)N1CCOCC1)N1CCN(Cc2ccon2)CC1.I. The predicted octanol–water partition coefficient (Wildman–Crippen LogP) is 2.76. The highest BCUT2D eigenvalue weighted by molar-refractivity contribution is 14.0. The van der Waals surface area contributed by atoms with Crippen molar-refractivity contribution in [1.82, 2.24) is 25.2 Å². The van der Waals surface area contributed by atoms with Crippen LogP contribution in [0.2, 0.25) is 0 Å². The Hall–Kier alpha value is -1.69. The van der Waals surface area contributed by atoms with Crippen LogP contribution >= 0.6 is 24.0 Å². The second-order valence-corrected chi connectivity index (χ2v) is 8.52. The molecule has 0 saturated carbocycles. The Kier molecular flexibility index (Phi) is 10.4. The molecule has 3 heterocycles. The third-order valence-electron chi connectivity index (χ3n) is 6.25. The van der Waals surface area contributed by atoms with E-state index in [1.165, 1.54) is 11.1 Å². The minimum atomic E-state index is 0. The summed E-state index contributed by atoms with van der Waals surface area (Å²) in [7, 11) is 0. The van der Waals surface area contributed by atoms with Crippen LogP contribution in [0, 0.1) is 6.92 Å². The van der Waals surface area contributed by atoms with Crippen molar-refractivity contribution in [3.8, 4) is 0 Å². The van der Waals surface area contributed by atoms with Crippen LogP contribution in [0.1, 0.15) is 29.8 Å². The van der Waals surface area contributed by atoms with Gasteiger partial charge in [0.15, 0.2) is 5.96 Å². The van der Waals surface area contributed by atoms with Crippen LogP contribution in [0.5, 0.6) is 0 Å². The van der Waals surface area contributed by atoms with E-state index in [-0.39, 0.29) is 30.0 Å². The number of piperazine rings is 1. The first-order chi connectivity index (χ1) is 15.7. The number of ether oxygens (including phenoxy) is 1. The number of nitrogens with zero attached hydrogens (tertiary/aromatic N) is 5. The minimum absolute atomic E-state index is 0. The molecule has 182 valence electrons. The second kappa shape index (κ2) is 13.3. The number of hydrogen-bond donors (Lipinski definition) is 1. The number of aliphatic imine (C=N–C) groups is 1. The molecule has 0 radical (unpaired) electrons. The van der Waals surface area contributed by atoms with E-state index in [9.17, 15) is 0 Å². The normalized spacial score (nSPS) is 19.2. The van der Waals surface area contributed by atoms with Gasteiger partial charge in [-0.05, 0) is 19.4 Å². The largest absolute Gasteiger partial charge is 0.379 e. The van der Waals surface area contributed by atoms with E-state index in [0.717, 1.165) is 83.8 Å². The first kappa shape index (κ1) is 25.9. The summed E-state index contributed by atoms with van der Waals surface area (Å²) in [5.74, 6) is 1.01. The summed E-state index contributed by atoms with van der Waals surface area (Å²) in [6.07, 6.45) is 1.64. The van der Waals surface area contributed by atoms with Gasteiger partial charge >= 0.3 is 0 Å². The van der Waals surface area contributed by atoms with Gasteiger partial charge in [0.1, 0.15) is 6.26 Å². The lowest BCUT2D eigenvalue weighted by atomic mass is 10.0. The van der Waals surface area contributed by atoms with Crippen molar-refractivity contribution in [2.75, 3.05) is 65.6 Å². The Morgan fingerprint density at radius 3 is 2.42 bits per heavy atom. The molecule has 0 aliphatic carbocycles. The Morgan fingerprint density at radius 2 is 1.79 bits per heavy atom. The molecular weight excluding hydrogens is 531 g/mol. The molecule has 2 fully saturated rings. The Morgan fingerprint density at radius 1 is 1.06 bits per heavy atom. The number of morpholine rings is 1.